The molecule has 1 aliphatic rings. The van der Waals surface area contributed by atoms with E-state index in [0.717, 1.165) is 37.3 Å². The molecule has 1 saturated heterocycles. The van der Waals surface area contributed by atoms with Gasteiger partial charge in [0.25, 0.3) is 0 Å². The third-order valence-electron chi connectivity index (χ3n) is 3.18. The Balaban J connectivity index is 1.88. The summed E-state index contributed by atoms with van der Waals surface area (Å²) < 4.78 is 26.7. The Hall–Kier alpha value is -1.03. The number of carbonyl (C=O) groups excluding carboxylic acids is 1. The standard InChI is InChI=1S/C12H17N3O3S3/c13-12(19)9-3-4-11(20-9)21(17,18)14-6-5-10(16)15-7-1-2-8-15/h3-4,14H,1-2,5-8H2,(H2,13,19). The van der Waals surface area contributed by atoms with Gasteiger partial charge in [-0.3, -0.25) is 4.79 Å². The number of sulfonamides is 1. The molecule has 1 aromatic rings. The van der Waals surface area contributed by atoms with Crippen LogP contribution in [0.15, 0.2) is 16.3 Å². The van der Waals surface area contributed by atoms with Gasteiger partial charge in [-0.15, -0.1) is 11.3 Å². The molecule has 21 heavy (non-hydrogen) atoms. The van der Waals surface area contributed by atoms with Gasteiger partial charge in [0.2, 0.25) is 15.9 Å². The number of hydrogen-bond acceptors (Lipinski definition) is 5. The molecule has 0 saturated carbocycles. The topological polar surface area (TPSA) is 92.5 Å². The zero-order valence-corrected chi connectivity index (χ0v) is 13.8. The Morgan fingerprint density at radius 2 is 2.05 bits per heavy atom. The number of hydrogen-bond donors (Lipinski definition) is 2. The lowest BCUT2D eigenvalue weighted by Gasteiger charge is -2.15. The fraction of sp³-hybridized carbons (Fsp3) is 0.500. The van der Waals surface area contributed by atoms with Crippen LogP contribution in [-0.2, 0) is 14.8 Å². The van der Waals surface area contributed by atoms with Gasteiger partial charge in [-0.1, -0.05) is 12.2 Å². The molecule has 0 radical (unpaired) electrons. The van der Waals surface area contributed by atoms with Crippen molar-refractivity contribution in [3.05, 3.63) is 17.0 Å². The van der Waals surface area contributed by atoms with Crippen molar-refractivity contribution in [1.29, 1.82) is 0 Å². The van der Waals surface area contributed by atoms with Crippen molar-refractivity contribution in [2.24, 2.45) is 5.73 Å². The van der Waals surface area contributed by atoms with Crippen LogP contribution in [-0.4, -0.2) is 43.8 Å². The summed E-state index contributed by atoms with van der Waals surface area (Å²) in [5.74, 6) is -0.00907. The number of nitrogens with zero attached hydrogens (tertiary/aromatic N) is 1. The first-order chi connectivity index (χ1) is 9.90. The van der Waals surface area contributed by atoms with E-state index in [1.165, 1.54) is 6.07 Å². The Morgan fingerprint density at radius 3 is 2.62 bits per heavy atom. The monoisotopic (exact) mass is 347 g/mol. The number of nitrogens with one attached hydrogen (secondary N) is 1. The minimum Gasteiger partial charge on any atom is -0.389 e. The molecule has 0 spiro atoms. The van der Waals surface area contributed by atoms with Gasteiger partial charge in [0.15, 0.2) is 0 Å². The minimum absolute atomic E-state index is 0.00907. The zero-order valence-electron chi connectivity index (χ0n) is 11.4. The van der Waals surface area contributed by atoms with Gasteiger partial charge in [-0.25, -0.2) is 13.1 Å². The van der Waals surface area contributed by atoms with Crippen molar-refractivity contribution in [2.75, 3.05) is 19.6 Å². The van der Waals surface area contributed by atoms with Crippen LogP contribution in [0.5, 0.6) is 0 Å². The molecule has 0 aliphatic carbocycles. The van der Waals surface area contributed by atoms with Gasteiger partial charge >= 0.3 is 0 Å². The van der Waals surface area contributed by atoms with E-state index in [4.69, 9.17) is 18.0 Å². The van der Waals surface area contributed by atoms with Gasteiger partial charge in [0.05, 0.1) is 4.88 Å². The summed E-state index contributed by atoms with van der Waals surface area (Å²) in [6.45, 7) is 1.64. The molecule has 0 bridgehead atoms. The molecule has 116 valence electrons. The number of amides is 1. The maximum atomic E-state index is 12.1. The van der Waals surface area contributed by atoms with E-state index in [2.05, 4.69) is 4.72 Å². The molecule has 9 heteroatoms. The van der Waals surface area contributed by atoms with E-state index in [-0.39, 0.29) is 28.1 Å². The fourth-order valence-corrected chi connectivity index (χ4v) is 4.51. The molecule has 2 rings (SSSR count). The van der Waals surface area contributed by atoms with E-state index >= 15 is 0 Å². The Bertz CT molecular complexity index is 633. The van der Waals surface area contributed by atoms with Crippen LogP contribution in [0.1, 0.15) is 24.1 Å². The quantitative estimate of drug-likeness (QED) is 0.738. The summed E-state index contributed by atoms with van der Waals surface area (Å²) in [6.07, 6.45) is 2.22. The van der Waals surface area contributed by atoms with Crippen LogP contribution in [0.25, 0.3) is 0 Å². The average molecular weight is 347 g/mol. The first-order valence-corrected chi connectivity index (χ1v) is 9.28. The molecule has 3 N–H and O–H groups in total. The van der Waals surface area contributed by atoms with E-state index in [1.54, 1.807) is 11.0 Å². The summed E-state index contributed by atoms with van der Waals surface area (Å²) in [5.41, 5.74) is 5.46. The summed E-state index contributed by atoms with van der Waals surface area (Å²) in [7, 11) is -3.61. The number of nitrogens with two attached hydrogens (primary N) is 1. The molecule has 1 fully saturated rings. The minimum atomic E-state index is -3.61. The second kappa shape index (κ2) is 6.82. The third-order valence-corrected chi connectivity index (χ3v) is 6.60. The van der Waals surface area contributed by atoms with Crippen LogP contribution in [0.2, 0.25) is 0 Å². The van der Waals surface area contributed by atoms with Gasteiger partial charge < -0.3 is 10.6 Å². The average Bonchev–Trinajstić information content (AvgIpc) is 3.10. The first-order valence-electron chi connectivity index (χ1n) is 6.57. The third kappa shape index (κ3) is 4.22. The normalized spacial score (nSPS) is 15.3. The van der Waals surface area contributed by atoms with Crippen LogP contribution < -0.4 is 10.5 Å². The number of thiophene rings is 1. The van der Waals surface area contributed by atoms with Crippen LogP contribution in [0.4, 0.5) is 0 Å². The highest BCUT2D eigenvalue weighted by atomic mass is 32.2. The van der Waals surface area contributed by atoms with Gasteiger partial charge in [0, 0.05) is 26.1 Å². The van der Waals surface area contributed by atoms with Crippen LogP contribution >= 0.6 is 23.6 Å². The van der Waals surface area contributed by atoms with Crippen molar-refractivity contribution in [3.8, 4) is 0 Å². The lowest BCUT2D eigenvalue weighted by molar-refractivity contribution is -0.129. The summed E-state index contributed by atoms with van der Waals surface area (Å²) in [5, 5.41) is 0. The molecule has 0 atom stereocenters. The van der Waals surface area contributed by atoms with Crippen LogP contribution in [0.3, 0.4) is 0 Å². The van der Waals surface area contributed by atoms with Gasteiger partial charge in [-0.2, -0.15) is 0 Å². The van der Waals surface area contributed by atoms with E-state index in [9.17, 15) is 13.2 Å². The summed E-state index contributed by atoms with van der Waals surface area (Å²) in [4.78, 5) is 14.3. The largest absolute Gasteiger partial charge is 0.389 e. The second-order valence-corrected chi connectivity index (χ2v) is 8.24. The Labute approximate surface area is 133 Å². The molecule has 1 amide bonds. The molecule has 6 nitrogen and oxygen atoms in total. The molecule has 0 aromatic carbocycles. The van der Waals surface area contributed by atoms with Crippen molar-refractivity contribution < 1.29 is 13.2 Å². The number of likely N-dealkylation sites (tertiary alicyclic amines) is 1. The maximum Gasteiger partial charge on any atom is 0.250 e. The van der Waals surface area contributed by atoms with E-state index in [0.29, 0.717) is 4.88 Å². The lowest BCUT2D eigenvalue weighted by atomic mass is 10.4. The Kier molecular flexibility index (Phi) is 5.31. The number of rotatable bonds is 6. The van der Waals surface area contributed by atoms with E-state index in [1.807, 2.05) is 0 Å². The van der Waals surface area contributed by atoms with Crippen molar-refractivity contribution in [1.82, 2.24) is 9.62 Å². The second-order valence-electron chi connectivity index (χ2n) is 4.72. The molecular weight excluding hydrogens is 330 g/mol. The fourth-order valence-electron chi connectivity index (χ4n) is 2.09. The highest BCUT2D eigenvalue weighted by molar-refractivity contribution is 7.91. The molecule has 2 heterocycles. The molecular formula is C12H17N3O3S3. The lowest BCUT2D eigenvalue weighted by Crippen LogP contribution is -2.32. The molecule has 0 unspecified atom stereocenters. The van der Waals surface area contributed by atoms with Crippen LogP contribution in [0, 0.1) is 0 Å². The molecule has 1 aromatic heterocycles. The van der Waals surface area contributed by atoms with E-state index < -0.39 is 10.0 Å². The van der Waals surface area contributed by atoms with Gasteiger partial charge in [-0.05, 0) is 25.0 Å². The number of carbonyl (C=O) groups is 1. The smallest absolute Gasteiger partial charge is 0.250 e. The summed E-state index contributed by atoms with van der Waals surface area (Å²) in [6, 6.07) is 3.04. The van der Waals surface area contributed by atoms with Crippen molar-refractivity contribution >= 4 is 44.5 Å². The zero-order chi connectivity index (χ0) is 15.5. The van der Waals surface area contributed by atoms with Crippen molar-refractivity contribution in [2.45, 2.75) is 23.5 Å². The molecule has 1 aliphatic heterocycles. The van der Waals surface area contributed by atoms with Gasteiger partial charge in [0.1, 0.15) is 9.20 Å². The summed E-state index contributed by atoms with van der Waals surface area (Å²) >= 11 is 5.82. The van der Waals surface area contributed by atoms with Crippen molar-refractivity contribution in [3.63, 3.8) is 0 Å². The predicted octanol–water partition coefficient (Wildman–Crippen LogP) is 0.673. The highest BCUT2D eigenvalue weighted by Crippen LogP contribution is 2.21. The predicted molar refractivity (Wildman–Crippen MR) is 85.8 cm³/mol. The Morgan fingerprint density at radius 1 is 1.38 bits per heavy atom. The first kappa shape index (κ1) is 16.3. The number of thiocarbonyl (C=S) groups is 1. The highest BCUT2D eigenvalue weighted by Gasteiger charge is 2.20. The maximum absolute atomic E-state index is 12.1. The SMILES string of the molecule is NC(=S)c1ccc(S(=O)(=O)NCCC(=O)N2CCCC2)s1.